The zero-order chi connectivity index (χ0) is 18.1. The van der Waals surface area contributed by atoms with Crippen LogP contribution in [0.25, 0.3) is 0 Å². The zero-order valence-corrected chi connectivity index (χ0v) is 15.0. The molecule has 0 amide bonds. The molecule has 0 fully saturated rings. The van der Waals surface area contributed by atoms with Crippen molar-refractivity contribution in [2.24, 2.45) is 0 Å². The molecule has 0 aromatic heterocycles. The van der Waals surface area contributed by atoms with Gasteiger partial charge in [-0.25, -0.2) is 8.42 Å². The number of hydrogen-bond donors (Lipinski definition) is 0. The first-order chi connectivity index (χ1) is 11.1. The van der Waals surface area contributed by atoms with Gasteiger partial charge in [-0.15, -0.1) is 0 Å². The van der Waals surface area contributed by atoms with Crippen molar-refractivity contribution in [2.75, 3.05) is 18.5 Å². The molecule has 0 N–H and O–H groups in total. The molecular formula is C15H13BrF3NO3S. The maximum Gasteiger partial charge on any atom is 0.416 e. The van der Waals surface area contributed by atoms with E-state index in [0.717, 1.165) is 22.5 Å². The smallest absolute Gasteiger partial charge is 0.416 e. The van der Waals surface area contributed by atoms with E-state index in [4.69, 9.17) is 4.74 Å². The number of nitrogens with zero attached hydrogens (tertiary/aromatic N) is 1. The number of halogens is 4. The summed E-state index contributed by atoms with van der Waals surface area (Å²) in [6.45, 7) is 0. The lowest BCUT2D eigenvalue weighted by molar-refractivity contribution is -0.137. The van der Waals surface area contributed by atoms with Crippen molar-refractivity contribution in [2.45, 2.75) is 11.1 Å². The largest absolute Gasteiger partial charge is 0.496 e. The highest BCUT2D eigenvalue weighted by Crippen LogP contribution is 2.33. The molecule has 2 aromatic rings. The van der Waals surface area contributed by atoms with Gasteiger partial charge >= 0.3 is 6.18 Å². The number of hydrogen-bond acceptors (Lipinski definition) is 3. The molecule has 24 heavy (non-hydrogen) atoms. The number of rotatable bonds is 4. The lowest BCUT2D eigenvalue weighted by Crippen LogP contribution is -2.26. The van der Waals surface area contributed by atoms with Gasteiger partial charge in [0.1, 0.15) is 5.75 Å². The topological polar surface area (TPSA) is 46.6 Å². The van der Waals surface area contributed by atoms with Gasteiger partial charge in [-0.1, -0.05) is 6.07 Å². The van der Waals surface area contributed by atoms with E-state index in [-0.39, 0.29) is 10.6 Å². The molecule has 4 nitrogen and oxygen atoms in total. The number of sulfonamides is 1. The van der Waals surface area contributed by atoms with Gasteiger partial charge < -0.3 is 4.74 Å². The average molecular weight is 424 g/mol. The first kappa shape index (κ1) is 18.6. The molecule has 9 heteroatoms. The molecule has 0 saturated carbocycles. The van der Waals surface area contributed by atoms with Crippen LogP contribution in [0.4, 0.5) is 18.9 Å². The number of anilines is 1. The van der Waals surface area contributed by atoms with Crippen molar-refractivity contribution in [1.82, 2.24) is 0 Å². The van der Waals surface area contributed by atoms with Gasteiger partial charge in [0.25, 0.3) is 10.0 Å². The van der Waals surface area contributed by atoms with Gasteiger partial charge in [-0.05, 0) is 52.3 Å². The summed E-state index contributed by atoms with van der Waals surface area (Å²) in [5.41, 5.74) is -1.00. The maximum absolute atomic E-state index is 12.8. The van der Waals surface area contributed by atoms with Crippen LogP contribution in [0.2, 0.25) is 0 Å². The Morgan fingerprint density at radius 3 is 2.33 bits per heavy atom. The summed E-state index contributed by atoms with van der Waals surface area (Å²) in [4.78, 5) is -0.0740. The van der Waals surface area contributed by atoms with Gasteiger partial charge in [0.2, 0.25) is 0 Å². The van der Waals surface area contributed by atoms with E-state index in [1.54, 1.807) is 0 Å². The fraction of sp³-hybridized carbons (Fsp3) is 0.200. The summed E-state index contributed by atoms with van der Waals surface area (Å²) in [5, 5.41) is 0. The predicted octanol–water partition coefficient (Wildman–Crippen LogP) is 4.30. The summed E-state index contributed by atoms with van der Waals surface area (Å²) < 4.78 is 69.9. The van der Waals surface area contributed by atoms with Crippen molar-refractivity contribution in [1.29, 1.82) is 0 Å². The summed E-state index contributed by atoms with van der Waals surface area (Å²) in [7, 11) is -1.39. The van der Waals surface area contributed by atoms with Crippen molar-refractivity contribution in [3.8, 4) is 5.75 Å². The quantitative estimate of drug-likeness (QED) is 0.736. The summed E-state index contributed by atoms with van der Waals surface area (Å²) >= 11 is 3.19. The number of methoxy groups -OCH3 is 1. The third-order valence-corrected chi connectivity index (χ3v) is 5.72. The zero-order valence-electron chi connectivity index (χ0n) is 12.6. The number of alkyl halides is 3. The number of benzene rings is 2. The minimum absolute atomic E-state index is 0.0740. The molecule has 2 rings (SSSR count). The monoisotopic (exact) mass is 423 g/mol. The molecule has 0 atom stereocenters. The van der Waals surface area contributed by atoms with E-state index < -0.39 is 21.8 Å². The molecule has 0 bridgehead atoms. The van der Waals surface area contributed by atoms with E-state index in [2.05, 4.69) is 15.9 Å². The van der Waals surface area contributed by atoms with Crippen molar-refractivity contribution in [3.05, 3.63) is 52.5 Å². The Labute approximate surface area is 146 Å². The van der Waals surface area contributed by atoms with Crippen LogP contribution in [0.1, 0.15) is 5.56 Å². The molecule has 0 spiro atoms. The summed E-state index contributed by atoms with van der Waals surface area (Å²) in [6.07, 6.45) is -4.55. The number of ether oxygens (including phenoxy) is 1. The molecule has 130 valence electrons. The fourth-order valence-electron chi connectivity index (χ4n) is 1.98. The van der Waals surface area contributed by atoms with Crippen LogP contribution < -0.4 is 9.04 Å². The fourth-order valence-corrected chi connectivity index (χ4v) is 3.89. The predicted molar refractivity (Wildman–Crippen MR) is 87.7 cm³/mol. The Morgan fingerprint density at radius 1 is 1.12 bits per heavy atom. The lowest BCUT2D eigenvalue weighted by atomic mass is 10.2. The van der Waals surface area contributed by atoms with Gasteiger partial charge in [0.15, 0.2) is 0 Å². The van der Waals surface area contributed by atoms with E-state index in [1.165, 1.54) is 38.4 Å². The Morgan fingerprint density at radius 2 is 1.79 bits per heavy atom. The van der Waals surface area contributed by atoms with E-state index >= 15 is 0 Å². The SMILES string of the molecule is COc1ccc(S(=O)(=O)N(C)c2cccc(C(F)(F)F)c2)cc1Br. The third-order valence-electron chi connectivity index (χ3n) is 3.32. The van der Waals surface area contributed by atoms with Gasteiger partial charge in [-0.2, -0.15) is 13.2 Å². The molecule has 0 radical (unpaired) electrons. The van der Waals surface area contributed by atoms with Crippen molar-refractivity contribution < 1.29 is 26.3 Å². The first-order valence-corrected chi connectivity index (χ1v) is 8.80. The summed E-state index contributed by atoms with van der Waals surface area (Å²) in [5.74, 6) is 0.440. The van der Waals surface area contributed by atoms with Crippen LogP contribution in [-0.4, -0.2) is 22.6 Å². The normalized spacial score (nSPS) is 12.1. The van der Waals surface area contributed by atoms with Crippen molar-refractivity contribution >= 4 is 31.6 Å². The van der Waals surface area contributed by atoms with Crippen LogP contribution in [0.15, 0.2) is 51.8 Å². The maximum atomic E-state index is 12.8. The van der Waals surface area contributed by atoms with Crippen LogP contribution in [0, 0.1) is 0 Å². The molecule has 0 unspecified atom stereocenters. The van der Waals surface area contributed by atoms with Crippen molar-refractivity contribution in [3.63, 3.8) is 0 Å². The van der Waals surface area contributed by atoms with Crippen LogP contribution in [0.5, 0.6) is 5.75 Å². The Kier molecular flexibility index (Phi) is 5.14. The van der Waals surface area contributed by atoms with Gasteiger partial charge in [0, 0.05) is 7.05 Å². The highest BCUT2D eigenvalue weighted by Gasteiger charge is 2.31. The molecule has 0 heterocycles. The van der Waals surface area contributed by atoms with Crippen LogP contribution in [-0.2, 0) is 16.2 Å². The highest BCUT2D eigenvalue weighted by atomic mass is 79.9. The second-order valence-corrected chi connectivity index (χ2v) is 7.64. The standard InChI is InChI=1S/C15H13BrF3NO3S/c1-20(11-5-3-4-10(8-11)15(17,18)19)24(21,22)12-6-7-14(23-2)13(16)9-12/h3-9H,1-2H3. The molecule has 0 aliphatic carbocycles. The second-order valence-electron chi connectivity index (χ2n) is 4.82. The Balaban J connectivity index is 2.45. The summed E-state index contributed by atoms with van der Waals surface area (Å²) in [6, 6.07) is 8.24. The Bertz CT molecular complexity index is 853. The van der Waals surface area contributed by atoms with E-state index in [1.807, 2.05) is 0 Å². The highest BCUT2D eigenvalue weighted by molar-refractivity contribution is 9.10. The minimum atomic E-state index is -4.55. The third kappa shape index (κ3) is 3.67. The van der Waals surface area contributed by atoms with E-state index in [0.29, 0.717) is 10.2 Å². The Hall–Kier alpha value is -1.74. The lowest BCUT2D eigenvalue weighted by Gasteiger charge is -2.21. The second kappa shape index (κ2) is 6.64. The molecule has 0 aliphatic rings. The van der Waals surface area contributed by atoms with E-state index in [9.17, 15) is 21.6 Å². The van der Waals surface area contributed by atoms with Crippen LogP contribution in [0.3, 0.4) is 0 Å². The average Bonchev–Trinajstić information content (AvgIpc) is 2.53. The van der Waals surface area contributed by atoms with Crippen LogP contribution >= 0.6 is 15.9 Å². The molecule has 0 aliphatic heterocycles. The van der Waals surface area contributed by atoms with Gasteiger partial charge in [-0.3, -0.25) is 4.31 Å². The minimum Gasteiger partial charge on any atom is -0.496 e. The first-order valence-electron chi connectivity index (χ1n) is 6.57. The molecule has 0 saturated heterocycles. The molecular weight excluding hydrogens is 411 g/mol. The van der Waals surface area contributed by atoms with Gasteiger partial charge in [0.05, 0.1) is 27.7 Å². The molecule has 2 aromatic carbocycles.